The van der Waals surface area contributed by atoms with E-state index in [0.717, 1.165) is 0 Å². The molecule has 0 aromatic carbocycles. The Morgan fingerprint density at radius 1 is 1.25 bits per heavy atom. The second kappa shape index (κ2) is 2.49. The van der Waals surface area contributed by atoms with Crippen molar-refractivity contribution in [2.75, 3.05) is 0 Å². The van der Waals surface area contributed by atoms with Crippen LogP contribution in [0.2, 0.25) is 19.6 Å². The summed E-state index contributed by atoms with van der Waals surface area (Å²) in [5.74, 6) is 0. The van der Waals surface area contributed by atoms with Gasteiger partial charge >= 0.3 is 0 Å². The summed E-state index contributed by atoms with van der Waals surface area (Å²) >= 11 is 0. The molecule has 0 saturated heterocycles. The lowest BCUT2D eigenvalue weighted by Crippen LogP contribution is -2.21. The summed E-state index contributed by atoms with van der Waals surface area (Å²) in [4.78, 5) is 0. The van der Waals surface area contributed by atoms with Crippen molar-refractivity contribution < 1.29 is 0 Å². The highest BCUT2D eigenvalue weighted by Gasteiger charge is 2.13. The molecule has 0 aliphatic rings. The van der Waals surface area contributed by atoms with Crippen LogP contribution in [-0.4, -0.2) is 8.07 Å². The Labute approximate surface area is 53.6 Å². The smallest absolute Gasteiger partial charge is 0.0716 e. The molecular formula is C7H16Si. The van der Waals surface area contributed by atoms with Crippen LogP contribution in [0, 0.1) is 0 Å². The minimum Gasteiger partial charge on any atom is -0.0926 e. The molecule has 0 aliphatic carbocycles. The van der Waals surface area contributed by atoms with Crippen LogP contribution in [0.15, 0.2) is 11.3 Å². The molecule has 0 amide bonds. The van der Waals surface area contributed by atoms with Crippen molar-refractivity contribution in [3.05, 3.63) is 11.3 Å². The monoisotopic (exact) mass is 128 g/mol. The molecule has 0 N–H and O–H groups in total. The summed E-state index contributed by atoms with van der Waals surface area (Å²) < 4.78 is 0. The number of allylic oxidation sites excluding steroid dienone is 2. The second-order valence-corrected chi connectivity index (χ2v) is 8.51. The Morgan fingerprint density at radius 2 is 1.62 bits per heavy atom. The van der Waals surface area contributed by atoms with E-state index < -0.39 is 8.07 Å². The first-order valence-corrected chi connectivity index (χ1v) is 6.62. The molecule has 0 nitrogen and oxygen atoms in total. The highest BCUT2D eigenvalue weighted by atomic mass is 28.3. The van der Waals surface area contributed by atoms with Crippen LogP contribution < -0.4 is 0 Å². The van der Waals surface area contributed by atoms with E-state index in [1.165, 1.54) is 0 Å². The minimum atomic E-state index is -0.899. The Balaban J connectivity index is 4.03. The van der Waals surface area contributed by atoms with Crippen LogP contribution in [-0.2, 0) is 0 Å². The maximum Gasteiger partial charge on any atom is 0.0716 e. The van der Waals surface area contributed by atoms with Gasteiger partial charge in [-0.1, -0.05) is 30.9 Å². The van der Waals surface area contributed by atoms with Crippen molar-refractivity contribution in [2.45, 2.75) is 33.5 Å². The molecule has 0 heterocycles. The number of hydrogen-bond donors (Lipinski definition) is 0. The standard InChI is InChI=1S/C7H16Si/c1-6-7(2)8(3,4)5/h6H,1-5H3. The van der Waals surface area contributed by atoms with Crippen LogP contribution >= 0.6 is 0 Å². The van der Waals surface area contributed by atoms with Crippen LogP contribution in [0.5, 0.6) is 0 Å². The summed E-state index contributed by atoms with van der Waals surface area (Å²) in [6.07, 6.45) is 2.23. The van der Waals surface area contributed by atoms with E-state index in [-0.39, 0.29) is 0 Å². The molecule has 0 unspecified atom stereocenters. The Kier molecular flexibility index (Phi) is 2.48. The molecule has 0 aromatic heterocycles. The van der Waals surface area contributed by atoms with E-state index in [4.69, 9.17) is 0 Å². The van der Waals surface area contributed by atoms with Crippen molar-refractivity contribution in [3.63, 3.8) is 0 Å². The van der Waals surface area contributed by atoms with Gasteiger partial charge in [0.1, 0.15) is 0 Å². The van der Waals surface area contributed by atoms with E-state index in [0.29, 0.717) is 0 Å². The number of rotatable bonds is 1. The van der Waals surface area contributed by atoms with Crippen molar-refractivity contribution in [3.8, 4) is 0 Å². The van der Waals surface area contributed by atoms with Gasteiger partial charge in [-0.05, 0) is 13.8 Å². The largest absolute Gasteiger partial charge is 0.0926 e. The van der Waals surface area contributed by atoms with E-state index in [1.807, 2.05) is 0 Å². The zero-order chi connectivity index (χ0) is 6.78. The Morgan fingerprint density at radius 3 is 1.62 bits per heavy atom. The molecule has 0 radical (unpaired) electrons. The van der Waals surface area contributed by atoms with Gasteiger partial charge in [-0.2, -0.15) is 0 Å². The van der Waals surface area contributed by atoms with Crippen LogP contribution in [0.25, 0.3) is 0 Å². The predicted molar refractivity (Wildman–Crippen MR) is 42.8 cm³/mol. The molecular weight excluding hydrogens is 112 g/mol. The highest BCUT2D eigenvalue weighted by Crippen LogP contribution is 2.11. The van der Waals surface area contributed by atoms with Gasteiger partial charge in [0.15, 0.2) is 0 Å². The summed E-state index contributed by atoms with van der Waals surface area (Å²) in [6.45, 7) is 11.4. The average molecular weight is 128 g/mol. The lowest BCUT2D eigenvalue weighted by Gasteiger charge is -2.15. The Bertz CT molecular complexity index is 95.4. The molecule has 0 spiro atoms. The van der Waals surface area contributed by atoms with Gasteiger partial charge in [0.05, 0.1) is 8.07 Å². The minimum absolute atomic E-state index is 0.899. The van der Waals surface area contributed by atoms with Crippen molar-refractivity contribution in [1.82, 2.24) is 0 Å². The number of hydrogen-bond acceptors (Lipinski definition) is 0. The molecule has 0 aromatic rings. The molecule has 0 fully saturated rings. The zero-order valence-corrected chi connectivity index (χ0v) is 7.58. The SMILES string of the molecule is CC=C(C)[Si](C)(C)C. The lowest BCUT2D eigenvalue weighted by atomic mass is 10.6. The fourth-order valence-electron chi connectivity index (χ4n) is 0.433. The van der Waals surface area contributed by atoms with Gasteiger partial charge in [0, 0.05) is 0 Å². The third-order valence-corrected chi connectivity index (χ3v) is 4.27. The summed E-state index contributed by atoms with van der Waals surface area (Å²) in [5, 5.41) is 1.59. The average Bonchev–Trinajstić information content (AvgIpc) is 1.62. The van der Waals surface area contributed by atoms with Gasteiger partial charge in [-0.3, -0.25) is 0 Å². The molecule has 0 atom stereocenters. The highest BCUT2D eigenvalue weighted by molar-refractivity contribution is 6.82. The van der Waals surface area contributed by atoms with Crippen LogP contribution in [0.1, 0.15) is 13.8 Å². The van der Waals surface area contributed by atoms with Gasteiger partial charge < -0.3 is 0 Å². The van der Waals surface area contributed by atoms with Crippen LogP contribution in [0.3, 0.4) is 0 Å². The van der Waals surface area contributed by atoms with Gasteiger partial charge in [-0.25, -0.2) is 0 Å². The molecule has 8 heavy (non-hydrogen) atoms. The van der Waals surface area contributed by atoms with E-state index in [1.54, 1.807) is 5.20 Å². The van der Waals surface area contributed by atoms with Gasteiger partial charge in [0.2, 0.25) is 0 Å². The maximum absolute atomic E-state index is 2.36. The van der Waals surface area contributed by atoms with Crippen molar-refractivity contribution in [2.24, 2.45) is 0 Å². The fourth-order valence-corrected chi connectivity index (χ4v) is 1.30. The van der Waals surface area contributed by atoms with E-state index in [9.17, 15) is 0 Å². The van der Waals surface area contributed by atoms with Crippen molar-refractivity contribution in [1.29, 1.82) is 0 Å². The quantitative estimate of drug-likeness (QED) is 0.476. The summed E-state index contributed by atoms with van der Waals surface area (Å²) in [6, 6.07) is 0. The van der Waals surface area contributed by atoms with Gasteiger partial charge in [0.25, 0.3) is 0 Å². The maximum atomic E-state index is 2.36. The summed E-state index contributed by atoms with van der Waals surface area (Å²) in [7, 11) is -0.899. The van der Waals surface area contributed by atoms with Gasteiger partial charge in [-0.15, -0.1) is 0 Å². The lowest BCUT2D eigenvalue weighted by molar-refractivity contribution is 1.49. The Hall–Kier alpha value is -0.0431. The molecule has 48 valence electrons. The molecule has 0 rings (SSSR count). The first-order chi connectivity index (χ1) is 3.48. The zero-order valence-electron chi connectivity index (χ0n) is 6.58. The van der Waals surface area contributed by atoms with Crippen molar-refractivity contribution >= 4 is 8.07 Å². The molecule has 0 bridgehead atoms. The topological polar surface area (TPSA) is 0 Å². The molecule has 0 saturated carbocycles. The molecule has 1 heteroatoms. The predicted octanol–water partition coefficient (Wildman–Crippen LogP) is 2.83. The third kappa shape index (κ3) is 2.31. The fraction of sp³-hybridized carbons (Fsp3) is 0.714. The first kappa shape index (κ1) is 7.96. The third-order valence-electron chi connectivity index (χ3n) is 1.62. The first-order valence-electron chi connectivity index (χ1n) is 3.12. The van der Waals surface area contributed by atoms with Crippen LogP contribution in [0.4, 0.5) is 0 Å². The van der Waals surface area contributed by atoms with E-state index in [2.05, 4.69) is 39.6 Å². The van der Waals surface area contributed by atoms with E-state index >= 15 is 0 Å². The normalized spacial score (nSPS) is 14.4. The second-order valence-electron chi connectivity index (χ2n) is 3.22. The summed E-state index contributed by atoms with van der Waals surface area (Å²) in [5.41, 5.74) is 0. The molecule has 0 aliphatic heterocycles.